The quantitative estimate of drug-likeness (QED) is 0.496. The Bertz CT molecular complexity index is 1300. The number of nitrogens with zero attached hydrogens (tertiary/aromatic N) is 4. The number of alkyl halides is 3. The second-order valence-corrected chi connectivity index (χ2v) is 10.0. The van der Waals surface area contributed by atoms with Crippen molar-refractivity contribution in [3.63, 3.8) is 0 Å². The molecule has 0 aliphatic carbocycles. The van der Waals surface area contributed by atoms with Crippen molar-refractivity contribution in [1.29, 1.82) is 0 Å². The van der Waals surface area contributed by atoms with E-state index in [0.29, 0.717) is 71.3 Å². The van der Waals surface area contributed by atoms with Gasteiger partial charge < -0.3 is 14.6 Å². The van der Waals surface area contributed by atoms with E-state index in [1.807, 2.05) is 0 Å². The van der Waals surface area contributed by atoms with E-state index in [9.17, 15) is 23.1 Å². The van der Waals surface area contributed by atoms with E-state index in [2.05, 4.69) is 9.88 Å². The first kappa shape index (κ1) is 26.7. The molecule has 1 aliphatic heterocycles. The molecule has 36 heavy (non-hydrogen) atoms. The first-order valence-corrected chi connectivity index (χ1v) is 12.3. The third-order valence-electron chi connectivity index (χ3n) is 6.53. The maximum atomic E-state index is 13.3. The molecule has 11 heteroatoms. The van der Waals surface area contributed by atoms with Gasteiger partial charge in [-0.25, -0.2) is 4.98 Å². The highest BCUT2D eigenvalue weighted by Crippen LogP contribution is 2.35. The van der Waals surface area contributed by atoms with Crippen LogP contribution in [0.15, 0.2) is 24.3 Å². The summed E-state index contributed by atoms with van der Waals surface area (Å²) in [6, 6.07) is 5.36. The molecule has 0 spiro atoms. The second kappa shape index (κ2) is 10.2. The van der Waals surface area contributed by atoms with Crippen LogP contribution >= 0.6 is 23.2 Å². The number of benzene rings is 2. The Labute approximate surface area is 217 Å². The molecule has 1 N–H and O–H groups in total. The van der Waals surface area contributed by atoms with Crippen LogP contribution < -0.4 is 0 Å². The number of aliphatic hydroxyl groups excluding tert-OH is 1. The summed E-state index contributed by atoms with van der Waals surface area (Å²) < 4.78 is 41.6. The first-order valence-electron chi connectivity index (χ1n) is 11.6. The lowest BCUT2D eigenvalue weighted by Gasteiger charge is -2.35. The average molecular weight is 543 g/mol. The Balaban J connectivity index is 1.62. The van der Waals surface area contributed by atoms with Gasteiger partial charge in [0.2, 0.25) is 0 Å². The highest BCUT2D eigenvalue weighted by atomic mass is 35.5. The summed E-state index contributed by atoms with van der Waals surface area (Å²) in [7, 11) is 1.65. The van der Waals surface area contributed by atoms with Gasteiger partial charge in [0.1, 0.15) is 5.82 Å². The minimum atomic E-state index is -4.47. The minimum absolute atomic E-state index is 0.146. The fourth-order valence-corrected chi connectivity index (χ4v) is 5.17. The normalized spacial score (nSPS) is 16.1. The molecule has 0 radical (unpaired) electrons. The molecule has 4 rings (SSSR count). The lowest BCUT2D eigenvalue weighted by Crippen LogP contribution is -2.50. The van der Waals surface area contributed by atoms with Crippen molar-refractivity contribution >= 4 is 40.1 Å². The predicted octanol–water partition coefficient (Wildman–Crippen LogP) is 4.94. The van der Waals surface area contributed by atoms with Gasteiger partial charge in [0.25, 0.3) is 5.91 Å². The Kier molecular flexibility index (Phi) is 7.57. The number of amides is 1. The Hall–Kier alpha value is -2.33. The number of aliphatic hydroxyl groups is 1. The highest BCUT2D eigenvalue weighted by Gasteiger charge is 2.32. The Morgan fingerprint density at radius 3 is 2.44 bits per heavy atom. The predicted molar refractivity (Wildman–Crippen MR) is 134 cm³/mol. The number of imidazole rings is 1. The lowest BCUT2D eigenvalue weighted by molar-refractivity contribution is -0.137. The van der Waals surface area contributed by atoms with Crippen LogP contribution in [-0.4, -0.2) is 69.2 Å². The third-order valence-corrected chi connectivity index (χ3v) is 7.32. The van der Waals surface area contributed by atoms with Crippen LogP contribution in [0.2, 0.25) is 10.0 Å². The summed E-state index contributed by atoms with van der Waals surface area (Å²) in [5, 5.41) is 10.1. The number of aryl methyl sites for hydroxylation is 2. The second-order valence-electron chi connectivity index (χ2n) is 9.25. The van der Waals surface area contributed by atoms with E-state index in [0.717, 1.165) is 12.1 Å². The van der Waals surface area contributed by atoms with Crippen molar-refractivity contribution in [3.8, 4) is 0 Å². The maximum Gasteiger partial charge on any atom is 0.416 e. The van der Waals surface area contributed by atoms with E-state index in [4.69, 9.17) is 23.2 Å². The van der Waals surface area contributed by atoms with Gasteiger partial charge >= 0.3 is 6.18 Å². The molecule has 1 saturated heterocycles. The van der Waals surface area contributed by atoms with E-state index < -0.39 is 17.8 Å². The van der Waals surface area contributed by atoms with E-state index >= 15 is 0 Å². The Morgan fingerprint density at radius 2 is 1.83 bits per heavy atom. The van der Waals surface area contributed by atoms with Gasteiger partial charge in [0.15, 0.2) is 0 Å². The lowest BCUT2D eigenvalue weighted by atomic mass is 10.1. The number of β-amino-alcohol motifs (C(OH)–C–C–N with tert-alkyl or cyclic N) is 1. The van der Waals surface area contributed by atoms with Crippen molar-refractivity contribution in [3.05, 3.63) is 62.4 Å². The molecule has 1 fully saturated rings. The number of carbonyl (C=O) groups is 1. The largest absolute Gasteiger partial charge is 0.416 e. The molecule has 1 unspecified atom stereocenters. The molecule has 1 amide bonds. The van der Waals surface area contributed by atoms with Gasteiger partial charge in [-0.15, -0.1) is 0 Å². The van der Waals surface area contributed by atoms with Crippen LogP contribution in [0.4, 0.5) is 13.2 Å². The Morgan fingerprint density at radius 1 is 1.17 bits per heavy atom. The molecule has 1 aromatic heterocycles. The van der Waals surface area contributed by atoms with E-state index in [1.165, 1.54) is 0 Å². The molecular weight excluding hydrogens is 516 g/mol. The average Bonchev–Trinajstić information content (AvgIpc) is 3.12. The zero-order valence-corrected chi connectivity index (χ0v) is 21.7. The summed E-state index contributed by atoms with van der Waals surface area (Å²) >= 11 is 13.1. The third kappa shape index (κ3) is 5.34. The van der Waals surface area contributed by atoms with Gasteiger partial charge in [0.05, 0.1) is 33.3 Å². The van der Waals surface area contributed by atoms with Gasteiger partial charge in [-0.05, 0) is 49.2 Å². The van der Waals surface area contributed by atoms with Crippen LogP contribution in [0.25, 0.3) is 11.0 Å². The summed E-state index contributed by atoms with van der Waals surface area (Å²) in [5.74, 6) is 0.262. The fourth-order valence-electron chi connectivity index (χ4n) is 4.59. The van der Waals surface area contributed by atoms with Crippen molar-refractivity contribution in [2.45, 2.75) is 32.5 Å². The van der Waals surface area contributed by atoms with Crippen molar-refractivity contribution in [2.24, 2.45) is 7.05 Å². The van der Waals surface area contributed by atoms with E-state index in [1.54, 1.807) is 42.5 Å². The monoisotopic (exact) mass is 542 g/mol. The number of fused-ring (bicyclic) bond motifs is 1. The van der Waals surface area contributed by atoms with Crippen molar-refractivity contribution in [2.75, 3.05) is 32.7 Å². The minimum Gasteiger partial charge on any atom is -0.392 e. The summed E-state index contributed by atoms with van der Waals surface area (Å²) in [4.78, 5) is 21.6. The van der Waals surface area contributed by atoms with Crippen LogP contribution in [-0.2, 0) is 19.6 Å². The van der Waals surface area contributed by atoms with Crippen LogP contribution in [0, 0.1) is 6.92 Å². The first-order chi connectivity index (χ1) is 16.9. The number of carbonyl (C=O) groups excluding carboxylic acids is 1. The molecule has 2 heterocycles. The van der Waals surface area contributed by atoms with E-state index in [-0.39, 0.29) is 17.4 Å². The molecular formula is C25H27Cl2F3N4O2. The number of hydrogen-bond acceptors (Lipinski definition) is 4. The zero-order valence-electron chi connectivity index (χ0n) is 20.2. The van der Waals surface area contributed by atoms with Crippen molar-refractivity contribution < 1.29 is 23.1 Å². The van der Waals surface area contributed by atoms with Gasteiger partial charge in [-0.3, -0.25) is 9.69 Å². The number of hydrogen-bond donors (Lipinski definition) is 1. The molecule has 0 saturated carbocycles. The molecule has 0 bridgehead atoms. The smallest absolute Gasteiger partial charge is 0.392 e. The summed E-state index contributed by atoms with van der Waals surface area (Å²) in [6.07, 6.45) is -4.76. The molecule has 1 atom stereocenters. The number of rotatable bonds is 5. The summed E-state index contributed by atoms with van der Waals surface area (Å²) in [6.45, 7) is 6.18. The fraction of sp³-hybridized carbons (Fsp3) is 0.440. The molecule has 6 nitrogen and oxygen atoms in total. The summed E-state index contributed by atoms with van der Waals surface area (Å²) in [5.41, 5.74) is 1.30. The molecule has 3 aromatic rings. The number of aromatic nitrogens is 2. The van der Waals surface area contributed by atoms with Gasteiger partial charge in [-0.2, -0.15) is 13.2 Å². The SMILES string of the molecule is Cc1cc(C(F)(F)F)cc2c1nc(Cc1c(Cl)ccc(C(=O)N3CCN(CC(C)O)CC3)c1Cl)n2C. The van der Waals surface area contributed by atoms with Crippen LogP contribution in [0.5, 0.6) is 0 Å². The molecule has 1 aliphatic rings. The maximum absolute atomic E-state index is 13.3. The zero-order chi connectivity index (χ0) is 26.4. The van der Waals surface area contributed by atoms with Crippen molar-refractivity contribution in [1.82, 2.24) is 19.4 Å². The van der Waals surface area contributed by atoms with Gasteiger partial charge in [-0.1, -0.05) is 23.2 Å². The molecule has 194 valence electrons. The number of halogens is 5. The van der Waals surface area contributed by atoms with Crippen LogP contribution in [0.3, 0.4) is 0 Å². The highest BCUT2D eigenvalue weighted by molar-refractivity contribution is 6.38. The topological polar surface area (TPSA) is 61.6 Å². The molecule has 2 aromatic carbocycles. The number of piperazine rings is 1. The van der Waals surface area contributed by atoms with Gasteiger partial charge in [0, 0.05) is 51.2 Å². The van der Waals surface area contributed by atoms with Crippen LogP contribution in [0.1, 0.15) is 39.8 Å². The standard InChI is InChI=1S/C25H27Cl2F3N4O2/c1-14-10-16(25(28,29)30)11-20-23(14)31-21(32(20)3)12-18-19(26)5-4-17(22(18)27)24(36)34-8-6-33(7-9-34)13-15(2)35/h4-5,10-11,15,35H,6-9,12-13H2,1-3H3.